The number of para-hydroxylation sites is 1. The molecule has 1 heterocycles. The minimum atomic E-state index is -0.00101. The predicted octanol–water partition coefficient (Wildman–Crippen LogP) is 4.74. The van der Waals surface area contributed by atoms with Gasteiger partial charge in [-0.2, -0.15) is 5.10 Å². The molecule has 0 fully saturated rings. The molecule has 0 spiro atoms. The van der Waals surface area contributed by atoms with Crippen LogP contribution in [0.3, 0.4) is 0 Å². The third-order valence-corrected chi connectivity index (χ3v) is 4.57. The molecule has 2 aromatic carbocycles. The Labute approximate surface area is 148 Å². The fourth-order valence-electron chi connectivity index (χ4n) is 2.89. The average molecular weight is 340 g/mol. The zero-order valence-electron chi connectivity index (χ0n) is 14.0. The van der Waals surface area contributed by atoms with Gasteiger partial charge in [-0.3, -0.25) is 0 Å². The molecule has 0 aliphatic heterocycles. The second-order valence-corrected chi connectivity index (χ2v) is 6.61. The van der Waals surface area contributed by atoms with E-state index in [0.717, 1.165) is 27.7 Å². The molecule has 0 saturated heterocycles. The van der Waals surface area contributed by atoms with Gasteiger partial charge < -0.3 is 5.73 Å². The van der Waals surface area contributed by atoms with E-state index in [2.05, 4.69) is 32.0 Å². The predicted molar refractivity (Wildman–Crippen MR) is 100 cm³/mol. The van der Waals surface area contributed by atoms with Crippen molar-refractivity contribution in [2.24, 2.45) is 5.73 Å². The van der Waals surface area contributed by atoms with E-state index in [1.165, 1.54) is 0 Å². The molecule has 0 saturated carbocycles. The van der Waals surface area contributed by atoms with Crippen molar-refractivity contribution in [2.75, 3.05) is 6.54 Å². The normalized spacial score (nSPS) is 12.5. The summed E-state index contributed by atoms with van der Waals surface area (Å²) >= 11 is 6.43. The van der Waals surface area contributed by atoms with Crippen molar-refractivity contribution in [1.29, 1.82) is 0 Å². The Hall–Kier alpha value is -2.10. The SMILES string of the molecule is CC(C)c1cc(C(CN)c2ccccc2Cl)n(-c2ccccc2)n1. The summed E-state index contributed by atoms with van der Waals surface area (Å²) in [7, 11) is 0. The number of rotatable bonds is 5. The molecule has 1 atom stereocenters. The number of nitrogens with zero attached hydrogens (tertiary/aromatic N) is 2. The molecule has 4 heteroatoms. The fourth-order valence-corrected chi connectivity index (χ4v) is 3.15. The Bertz CT molecular complexity index is 809. The second-order valence-electron chi connectivity index (χ2n) is 6.21. The lowest BCUT2D eigenvalue weighted by molar-refractivity contribution is 0.706. The summed E-state index contributed by atoms with van der Waals surface area (Å²) in [6, 6.07) is 20.2. The van der Waals surface area contributed by atoms with Crippen molar-refractivity contribution in [2.45, 2.75) is 25.7 Å². The number of nitrogens with two attached hydrogens (primary N) is 1. The molecule has 24 heavy (non-hydrogen) atoms. The van der Waals surface area contributed by atoms with Crippen LogP contribution in [0.2, 0.25) is 5.02 Å². The van der Waals surface area contributed by atoms with Gasteiger partial charge in [0.1, 0.15) is 0 Å². The van der Waals surface area contributed by atoms with E-state index < -0.39 is 0 Å². The maximum Gasteiger partial charge on any atom is 0.0657 e. The fraction of sp³-hybridized carbons (Fsp3) is 0.250. The Kier molecular flexibility index (Phi) is 5.03. The lowest BCUT2D eigenvalue weighted by Gasteiger charge is -2.18. The quantitative estimate of drug-likeness (QED) is 0.729. The first-order chi connectivity index (χ1) is 11.6. The van der Waals surface area contributed by atoms with E-state index in [1.807, 2.05) is 47.1 Å². The number of hydrogen-bond acceptors (Lipinski definition) is 2. The minimum Gasteiger partial charge on any atom is -0.329 e. The van der Waals surface area contributed by atoms with Crippen LogP contribution < -0.4 is 5.73 Å². The van der Waals surface area contributed by atoms with E-state index in [9.17, 15) is 0 Å². The summed E-state index contributed by atoms with van der Waals surface area (Å²) in [5, 5.41) is 5.56. The van der Waals surface area contributed by atoms with Crippen molar-refractivity contribution >= 4 is 11.6 Å². The summed E-state index contributed by atoms with van der Waals surface area (Å²) in [5.74, 6) is 0.345. The topological polar surface area (TPSA) is 43.8 Å². The summed E-state index contributed by atoms with van der Waals surface area (Å²) in [5.41, 5.74) is 10.3. The number of hydrogen-bond donors (Lipinski definition) is 1. The first kappa shape index (κ1) is 16.7. The van der Waals surface area contributed by atoms with Gasteiger partial charge in [-0.25, -0.2) is 4.68 Å². The van der Waals surface area contributed by atoms with Crippen LogP contribution in [-0.4, -0.2) is 16.3 Å². The number of aromatic nitrogens is 2. The smallest absolute Gasteiger partial charge is 0.0657 e. The maximum absolute atomic E-state index is 6.43. The monoisotopic (exact) mass is 339 g/mol. The molecular formula is C20H22ClN3. The highest BCUT2D eigenvalue weighted by Gasteiger charge is 2.22. The van der Waals surface area contributed by atoms with Crippen molar-refractivity contribution in [3.05, 3.63) is 82.6 Å². The third kappa shape index (κ3) is 3.23. The van der Waals surface area contributed by atoms with Crippen molar-refractivity contribution < 1.29 is 0 Å². The lowest BCUT2D eigenvalue weighted by Crippen LogP contribution is -2.18. The summed E-state index contributed by atoms with van der Waals surface area (Å²) < 4.78 is 2.00. The van der Waals surface area contributed by atoms with Gasteiger partial charge in [0.05, 0.1) is 17.1 Å². The van der Waals surface area contributed by atoms with Crippen LogP contribution in [0.4, 0.5) is 0 Å². The molecule has 3 aromatic rings. The first-order valence-electron chi connectivity index (χ1n) is 8.21. The highest BCUT2D eigenvalue weighted by Crippen LogP contribution is 2.32. The van der Waals surface area contributed by atoms with Crippen LogP contribution in [-0.2, 0) is 0 Å². The number of halogens is 1. The standard InChI is InChI=1S/C20H22ClN3/c1-14(2)19-12-20(24(23-19)15-8-4-3-5-9-15)17(13-22)16-10-6-7-11-18(16)21/h3-12,14,17H,13,22H2,1-2H3. The van der Waals surface area contributed by atoms with E-state index in [4.69, 9.17) is 22.4 Å². The first-order valence-corrected chi connectivity index (χ1v) is 8.59. The Morgan fingerprint density at radius 1 is 1.04 bits per heavy atom. The van der Waals surface area contributed by atoms with Gasteiger partial charge in [0.2, 0.25) is 0 Å². The molecular weight excluding hydrogens is 318 g/mol. The Morgan fingerprint density at radius 2 is 1.71 bits per heavy atom. The van der Waals surface area contributed by atoms with E-state index in [0.29, 0.717) is 12.5 Å². The lowest BCUT2D eigenvalue weighted by atomic mass is 9.94. The van der Waals surface area contributed by atoms with Gasteiger partial charge in [-0.05, 0) is 35.7 Å². The summed E-state index contributed by atoms with van der Waals surface area (Å²) in [6.07, 6.45) is 0. The highest BCUT2D eigenvalue weighted by molar-refractivity contribution is 6.31. The van der Waals surface area contributed by atoms with Crippen LogP contribution in [0.15, 0.2) is 60.7 Å². The molecule has 0 bridgehead atoms. The van der Waals surface area contributed by atoms with E-state index in [1.54, 1.807) is 0 Å². The minimum absolute atomic E-state index is 0.00101. The Morgan fingerprint density at radius 3 is 2.33 bits per heavy atom. The molecule has 3 nitrogen and oxygen atoms in total. The third-order valence-electron chi connectivity index (χ3n) is 4.22. The zero-order chi connectivity index (χ0) is 17.1. The van der Waals surface area contributed by atoms with Crippen LogP contribution in [0.5, 0.6) is 0 Å². The van der Waals surface area contributed by atoms with Crippen LogP contribution in [0.1, 0.15) is 42.6 Å². The molecule has 1 unspecified atom stereocenters. The maximum atomic E-state index is 6.43. The second kappa shape index (κ2) is 7.20. The molecule has 0 amide bonds. The summed E-state index contributed by atoms with van der Waals surface area (Å²) in [6.45, 7) is 4.77. The van der Waals surface area contributed by atoms with E-state index in [-0.39, 0.29) is 5.92 Å². The van der Waals surface area contributed by atoms with Crippen LogP contribution in [0.25, 0.3) is 5.69 Å². The highest BCUT2D eigenvalue weighted by atomic mass is 35.5. The van der Waals surface area contributed by atoms with Gasteiger partial charge in [-0.1, -0.05) is 61.8 Å². The molecule has 3 rings (SSSR count). The molecule has 0 radical (unpaired) electrons. The van der Waals surface area contributed by atoms with Crippen molar-refractivity contribution in [3.63, 3.8) is 0 Å². The zero-order valence-corrected chi connectivity index (χ0v) is 14.7. The largest absolute Gasteiger partial charge is 0.329 e. The molecule has 0 aliphatic carbocycles. The summed E-state index contributed by atoms with van der Waals surface area (Å²) in [4.78, 5) is 0. The van der Waals surface area contributed by atoms with Crippen LogP contribution >= 0.6 is 11.6 Å². The van der Waals surface area contributed by atoms with Gasteiger partial charge in [0, 0.05) is 17.5 Å². The molecule has 0 aliphatic rings. The van der Waals surface area contributed by atoms with Crippen molar-refractivity contribution in [1.82, 2.24) is 9.78 Å². The van der Waals surface area contributed by atoms with Crippen LogP contribution in [0, 0.1) is 0 Å². The molecule has 124 valence electrons. The van der Waals surface area contributed by atoms with E-state index >= 15 is 0 Å². The van der Waals surface area contributed by atoms with Crippen molar-refractivity contribution in [3.8, 4) is 5.69 Å². The molecule has 1 aromatic heterocycles. The number of benzene rings is 2. The molecule has 2 N–H and O–H groups in total. The van der Waals surface area contributed by atoms with Gasteiger partial charge in [0.15, 0.2) is 0 Å². The van der Waals surface area contributed by atoms with Gasteiger partial charge in [0.25, 0.3) is 0 Å². The van der Waals surface area contributed by atoms with Gasteiger partial charge in [-0.15, -0.1) is 0 Å². The Balaban J connectivity index is 2.16. The average Bonchev–Trinajstić information content (AvgIpc) is 3.03. The van der Waals surface area contributed by atoms with Gasteiger partial charge >= 0.3 is 0 Å².